The number of aliphatic hydroxyl groups is 1. The molecule has 1 aliphatic rings. The lowest BCUT2D eigenvalue weighted by atomic mass is 10.0. The molecule has 1 N–H and O–H groups in total. The maximum Gasteiger partial charge on any atom is 0.416 e. The molecule has 0 unspecified atom stereocenters. The molecule has 7 heteroatoms. The van der Waals surface area contributed by atoms with Crippen LogP contribution in [0.3, 0.4) is 0 Å². The third-order valence-electron chi connectivity index (χ3n) is 4.05. The monoisotopic (exact) mass is 316 g/mol. The average Bonchev–Trinajstić information content (AvgIpc) is 2.90. The third-order valence-corrected chi connectivity index (χ3v) is 4.05. The van der Waals surface area contributed by atoms with Gasteiger partial charge in [0.2, 0.25) is 0 Å². The lowest BCUT2D eigenvalue weighted by Crippen LogP contribution is -2.37. The number of aliphatic hydroxyl groups excluding tert-OH is 1. The summed E-state index contributed by atoms with van der Waals surface area (Å²) < 4.78 is 37.6. The molecule has 1 aromatic carbocycles. The molecule has 22 heavy (non-hydrogen) atoms. The van der Waals surface area contributed by atoms with Gasteiger partial charge in [-0.3, -0.25) is 4.79 Å². The quantitative estimate of drug-likeness (QED) is 0.923. The number of likely N-dealkylation sites (N-methyl/N-ethyl adjacent to an activating group) is 1. The summed E-state index contributed by atoms with van der Waals surface area (Å²) in [6.07, 6.45) is -4.41. The first kappa shape index (κ1) is 16.8. The zero-order valence-corrected chi connectivity index (χ0v) is 12.5. The Morgan fingerprint density at radius 3 is 2.27 bits per heavy atom. The van der Waals surface area contributed by atoms with Crippen LogP contribution in [-0.2, 0) is 6.18 Å². The molecule has 1 amide bonds. The van der Waals surface area contributed by atoms with Crippen LogP contribution in [0.1, 0.15) is 15.9 Å². The van der Waals surface area contributed by atoms with E-state index in [4.69, 9.17) is 0 Å². The van der Waals surface area contributed by atoms with Crippen molar-refractivity contribution >= 4 is 5.91 Å². The molecule has 0 saturated carbocycles. The van der Waals surface area contributed by atoms with Gasteiger partial charge in [-0.25, -0.2) is 0 Å². The fraction of sp³-hybridized carbons (Fsp3) is 0.533. The van der Waals surface area contributed by atoms with Crippen LogP contribution in [0, 0.1) is 5.92 Å². The molecule has 0 radical (unpaired) electrons. The summed E-state index contributed by atoms with van der Waals surface area (Å²) in [5.74, 6) is -0.357. The van der Waals surface area contributed by atoms with Gasteiger partial charge in [-0.1, -0.05) is 0 Å². The number of carbonyl (C=O) groups is 1. The lowest BCUT2D eigenvalue weighted by Gasteiger charge is -2.23. The molecule has 1 heterocycles. The van der Waals surface area contributed by atoms with Crippen LogP contribution in [0.4, 0.5) is 13.2 Å². The topological polar surface area (TPSA) is 43.8 Å². The number of likely N-dealkylation sites (tertiary alicyclic amines) is 1. The van der Waals surface area contributed by atoms with Gasteiger partial charge in [0, 0.05) is 37.2 Å². The standard InChI is InChI=1S/C15H19F3N2O2/c1-19(2)13-8-20(7-11(13)9-21)14(22)10-3-5-12(6-4-10)15(16,17)18/h3-6,11,13,21H,7-9H2,1-2H3/t11-,13+/m0/s1. The molecule has 2 atom stereocenters. The first-order valence-electron chi connectivity index (χ1n) is 6.98. The number of hydrogen-bond donors (Lipinski definition) is 1. The van der Waals surface area contributed by atoms with Crippen LogP contribution in [0.2, 0.25) is 0 Å². The number of nitrogens with zero attached hydrogens (tertiary/aromatic N) is 2. The molecular formula is C15H19F3N2O2. The van der Waals surface area contributed by atoms with Gasteiger partial charge in [-0.05, 0) is 38.4 Å². The van der Waals surface area contributed by atoms with E-state index in [1.54, 1.807) is 4.90 Å². The minimum atomic E-state index is -4.41. The molecule has 0 aromatic heterocycles. The Hall–Kier alpha value is -1.60. The van der Waals surface area contributed by atoms with E-state index in [1.165, 1.54) is 12.1 Å². The van der Waals surface area contributed by atoms with Crippen LogP contribution < -0.4 is 0 Å². The Bertz CT molecular complexity index is 529. The van der Waals surface area contributed by atoms with Crippen molar-refractivity contribution in [3.05, 3.63) is 35.4 Å². The smallest absolute Gasteiger partial charge is 0.396 e. The number of amides is 1. The van der Waals surface area contributed by atoms with Crippen molar-refractivity contribution in [3.63, 3.8) is 0 Å². The second-order valence-corrected chi connectivity index (χ2v) is 5.76. The van der Waals surface area contributed by atoms with Crippen molar-refractivity contribution in [2.75, 3.05) is 33.8 Å². The Balaban J connectivity index is 2.12. The van der Waals surface area contributed by atoms with Crippen molar-refractivity contribution in [2.45, 2.75) is 12.2 Å². The van der Waals surface area contributed by atoms with Crippen LogP contribution >= 0.6 is 0 Å². The number of rotatable bonds is 3. The van der Waals surface area contributed by atoms with E-state index >= 15 is 0 Å². The Kier molecular flexibility index (Phi) is 4.77. The zero-order valence-electron chi connectivity index (χ0n) is 12.5. The summed E-state index contributed by atoms with van der Waals surface area (Å²) in [5.41, 5.74) is -0.547. The first-order chi connectivity index (χ1) is 10.2. The highest BCUT2D eigenvalue weighted by Gasteiger charge is 2.36. The Labute approximate surface area is 127 Å². The molecule has 122 valence electrons. The Morgan fingerprint density at radius 2 is 1.86 bits per heavy atom. The predicted molar refractivity (Wildman–Crippen MR) is 75.4 cm³/mol. The molecule has 1 aromatic rings. The maximum absolute atomic E-state index is 12.5. The minimum absolute atomic E-state index is 0.0281. The van der Waals surface area contributed by atoms with Gasteiger partial charge < -0.3 is 14.9 Å². The third kappa shape index (κ3) is 3.41. The molecule has 2 rings (SSSR count). The summed E-state index contributed by atoms with van der Waals surface area (Å²) in [4.78, 5) is 15.9. The number of benzene rings is 1. The van der Waals surface area contributed by atoms with Crippen molar-refractivity contribution in [3.8, 4) is 0 Å². The van der Waals surface area contributed by atoms with E-state index in [1.807, 2.05) is 19.0 Å². The molecule has 0 bridgehead atoms. The van der Waals surface area contributed by atoms with E-state index in [2.05, 4.69) is 0 Å². The number of hydrogen-bond acceptors (Lipinski definition) is 3. The summed E-state index contributed by atoms with van der Waals surface area (Å²) in [5, 5.41) is 9.39. The molecule has 1 fully saturated rings. The minimum Gasteiger partial charge on any atom is -0.396 e. The summed E-state index contributed by atoms with van der Waals surface area (Å²) in [6, 6.07) is 4.26. The van der Waals surface area contributed by atoms with E-state index < -0.39 is 11.7 Å². The Morgan fingerprint density at radius 1 is 1.27 bits per heavy atom. The fourth-order valence-corrected chi connectivity index (χ4v) is 2.77. The highest BCUT2D eigenvalue weighted by atomic mass is 19.4. The normalized spacial score (nSPS) is 22.4. The largest absolute Gasteiger partial charge is 0.416 e. The second kappa shape index (κ2) is 6.26. The van der Waals surface area contributed by atoms with Gasteiger partial charge in [0.05, 0.1) is 5.56 Å². The SMILES string of the molecule is CN(C)[C@@H]1CN(C(=O)c2ccc(C(F)(F)F)cc2)C[C@H]1CO. The first-order valence-corrected chi connectivity index (χ1v) is 6.98. The highest BCUT2D eigenvalue weighted by molar-refractivity contribution is 5.94. The van der Waals surface area contributed by atoms with Crippen molar-refractivity contribution < 1.29 is 23.1 Å². The summed E-state index contributed by atoms with van der Waals surface area (Å²) >= 11 is 0. The molecule has 1 aliphatic heterocycles. The van der Waals surface area contributed by atoms with E-state index in [-0.39, 0.29) is 30.0 Å². The van der Waals surface area contributed by atoms with Crippen molar-refractivity contribution in [1.29, 1.82) is 0 Å². The highest BCUT2D eigenvalue weighted by Crippen LogP contribution is 2.29. The van der Waals surface area contributed by atoms with E-state index in [0.29, 0.717) is 13.1 Å². The molecule has 1 saturated heterocycles. The molecule has 0 spiro atoms. The number of carbonyl (C=O) groups excluding carboxylic acids is 1. The van der Waals surface area contributed by atoms with Gasteiger partial charge in [0.1, 0.15) is 0 Å². The zero-order chi connectivity index (χ0) is 16.5. The van der Waals surface area contributed by atoms with Crippen LogP contribution in [0.25, 0.3) is 0 Å². The lowest BCUT2D eigenvalue weighted by molar-refractivity contribution is -0.137. The van der Waals surface area contributed by atoms with Gasteiger partial charge in [0.25, 0.3) is 5.91 Å². The number of alkyl halides is 3. The summed E-state index contributed by atoms with van der Waals surface area (Å²) in [6.45, 7) is 0.830. The van der Waals surface area contributed by atoms with Gasteiger partial charge in [0.15, 0.2) is 0 Å². The predicted octanol–water partition coefficient (Wildman–Crippen LogP) is 1.70. The van der Waals surface area contributed by atoms with Crippen molar-refractivity contribution in [1.82, 2.24) is 9.80 Å². The second-order valence-electron chi connectivity index (χ2n) is 5.76. The molecular weight excluding hydrogens is 297 g/mol. The van der Waals surface area contributed by atoms with Gasteiger partial charge >= 0.3 is 6.18 Å². The van der Waals surface area contributed by atoms with E-state index in [9.17, 15) is 23.1 Å². The van der Waals surface area contributed by atoms with Crippen molar-refractivity contribution in [2.24, 2.45) is 5.92 Å². The van der Waals surface area contributed by atoms with E-state index in [0.717, 1.165) is 12.1 Å². The van der Waals surface area contributed by atoms with Crippen LogP contribution in [0.15, 0.2) is 24.3 Å². The van der Waals surface area contributed by atoms with Gasteiger partial charge in [-0.15, -0.1) is 0 Å². The average molecular weight is 316 g/mol. The molecule has 4 nitrogen and oxygen atoms in total. The van der Waals surface area contributed by atoms with Crippen LogP contribution in [-0.4, -0.2) is 60.6 Å². The number of halogens is 3. The maximum atomic E-state index is 12.5. The van der Waals surface area contributed by atoms with Crippen LogP contribution in [0.5, 0.6) is 0 Å². The fourth-order valence-electron chi connectivity index (χ4n) is 2.77. The molecule has 0 aliphatic carbocycles. The summed E-state index contributed by atoms with van der Waals surface area (Å²) in [7, 11) is 3.75. The van der Waals surface area contributed by atoms with Gasteiger partial charge in [-0.2, -0.15) is 13.2 Å².